The van der Waals surface area contributed by atoms with Crippen LogP contribution < -0.4 is 16.2 Å². The second kappa shape index (κ2) is 8.67. The van der Waals surface area contributed by atoms with Gasteiger partial charge in [-0.3, -0.25) is 25.2 Å². The van der Waals surface area contributed by atoms with Gasteiger partial charge in [0.2, 0.25) is 5.91 Å². The monoisotopic (exact) mass is 421 g/mol. The minimum Gasteiger partial charge on any atom is -0.344 e. The van der Waals surface area contributed by atoms with Crippen LogP contribution in [0.2, 0.25) is 0 Å². The van der Waals surface area contributed by atoms with E-state index in [1.165, 1.54) is 21.8 Å². The van der Waals surface area contributed by atoms with E-state index in [0.29, 0.717) is 4.88 Å². The molecule has 0 saturated carbocycles. The molecule has 4 rings (SSSR count). The summed E-state index contributed by atoms with van der Waals surface area (Å²) in [5, 5.41) is 4.77. The van der Waals surface area contributed by atoms with Gasteiger partial charge in [0, 0.05) is 4.88 Å². The van der Waals surface area contributed by atoms with Crippen molar-refractivity contribution in [2.75, 3.05) is 0 Å². The second-order valence-corrected chi connectivity index (χ2v) is 8.60. The van der Waals surface area contributed by atoms with Crippen LogP contribution >= 0.6 is 11.3 Å². The molecule has 0 saturated heterocycles. The summed E-state index contributed by atoms with van der Waals surface area (Å²) in [5.41, 5.74) is 6.96. The van der Waals surface area contributed by atoms with Crippen LogP contribution in [0.1, 0.15) is 39.0 Å². The molecule has 2 aromatic carbocycles. The Bertz CT molecular complexity index is 1100. The van der Waals surface area contributed by atoms with Gasteiger partial charge in [0.05, 0.1) is 11.3 Å². The van der Waals surface area contributed by atoms with Crippen molar-refractivity contribution in [2.45, 2.75) is 38.6 Å². The zero-order valence-corrected chi connectivity index (χ0v) is 17.5. The maximum absolute atomic E-state index is 12.4. The first-order valence-electron chi connectivity index (χ1n) is 9.99. The predicted octanol–water partition coefficient (Wildman–Crippen LogP) is 2.90. The minimum atomic E-state index is -0.777. The molecule has 1 aliphatic carbocycles. The molecule has 3 amide bonds. The zero-order chi connectivity index (χ0) is 21.1. The number of hydrogen-bond donors (Lipinski definition) is 3. The number of fused-ring (bicyclic) bond motifs is 2. The lowest BCUT2D eigenvalue weighted by molar-refractivity contribution is -0.128. The molecule has 0 bridgehead atoms. The maximum Gasteiger partial charge on any atom is 0.279 e. The molecule has 1 aliphatic rings. The summed E-state index contributed by atoms with van der Waals surface area (Å²) in [6, 6.07) is 14.8. The van der Waals surface area contributed by atoms with Gasteiger partial charge in [-0.1, -0.05) is 42.5 Å². The van der Waals surface area contributed by atoms with Crippen LogP contribution in [0.4, 0.5) is 0 Å². The lowest BCUT2D eigenvalue weighted by atomic mass is 10.0. The molecular formula is C23H23N3O3S. The number of hydrazine groups is 1. The van der Waals surface area contributed by atoms with Gasteiger partial charge in [0.15, 0.2) is 0 Å². The van der Waals surface area contributed by atoms with E-state index in [1.54, 1.807) is 6.92 Å². The first-order chi connectivity index (χ1) is 14.5. The summed E-state index contributed by atoms with van der Waals surface area (Å²) in [6.07, 6.45) is 3.33. The fourth-order valence-corrected chi connectivity index (χ4v) is 4.86. The Labute approximate surface area is 178 Å². The van der Waals surface area contributed by atoms with Crippen molar-refractivity contribution in [3.8, 4) is 0 Å². The number of carbonyl (C=O) groups is 3. The Morgan fingerprint density at radius 3 is 2.67 bits per heavy atom. The number of hydrogen-bond acceptors (Lipinski definition) is 4. The summed E-state index contributed by atoms with van der Waals surface area (Å²) in [4.78, 5) is 38.8. The zero-order valence-electron chi connectivity index (χ0n) is 16.7. The number of carbonyl (C=O) groups excluding carboxylic acids is 3. The Morgan fingerprint density at radius 2 is 1.83 bits per heavy atom. The first kappa shape index (κ1) is 20.1. The Hall–Kier alpha value is -3.19. The quantitative estimate of drug-likeness (QED) is 0.554. The number of nitrogens with one attached hydrogen (secondary N) is 3. The average molecular weight is 422 g/mol. The molecule has 1 heterocycles. The third-order valence-corrected chi connectivity index (χ3v) is 6.51. The standard InChI is InChI=1S/C23H23N3O3S/c1-14(22(28)25-26-23(29)20-12-17-9-5-11-19(17)30-20)24-21(27)13-16-8-4-7-15-6-2-3-10-18(15)16/h2-4,6-8,10,12,14H,5,9,11,13H2,1H3,(H,24,27)(H,25,28)(H,26,29)/t14-/m1/s1. The number of rotatable bonds is 5. The van der Waals surface area contributed by atoms with Crippen molar-refractivity contribution in [1.29, 1.82) is 0 Å². The summed E-state index contributed by atoms with van der Waals surface area (Å²) in [7, 11) is 0. The van der Waals surface area contributed by atoms with Crippen LogP contribution in [0.25, 0.3) is 10.8 Å². The fourth-order valence-electron chi connectivity index (χ4n) is 3.71. The van der Waals surface area contributed by atoms with Gasteiger partial charge in [0.1, 0.15) is 6.04 Å². The first-order valence-corrected chi connectivity index (χ1v) is 10.8. The SMILES string of the molecule is C[C@@H](NC(=O)Cc1cccc2ccccc12)C(=O)NNC(=O)c1cc2c(s1)CCC2. The van der Waals surface area contributed by atoms with Crippen LogP contribution in [0, 0.1) is 0 Å². The summed E-state index contributed by atoms with van der Waals surface area (Å²) < 4.78 is 0. The normalized spacial score (nSPS) is 13.5. The molecule has 0 spiro atoms. The highest BCUT2D eigenvalue weighted by Gasteiger charge is 2.20. The highest BCUT2D eigenvalue weighted by Crippen LogP contribution is 2.30. The third-order valence-electron chi connectivity index (χ3n) is 5.27. The number of thiophene rings is 1. The van der Waals surface area contributed by atoms with Crippen LogP contribution in [-0.4, -0.2) is 23.8 Å². The van der Waals surface area contributed by atoms with Crippen molar-refractivity contribution >= 4 is 39.8 Å². The van der Waals surface area contributed by atoms with Gasteiger partial charge < -0.3 is 5.32 Å². The molecule has 0 fully saturated rings. The van der Waals surface area contributed by atoms with Crippen molar-refractivity contribution in [1.82, 2.24) is 16.2 Å². The van der Waals surface area contributed by atoms with E-state index < -0.39 is 11.9 Å². The van der Waals surface area contributed by atoms with Crippen molar-refractivity contribution in [3.05, 3.63) is 69.4 Å². The van der Waals surface area contributed by atoms with Crippen LogP contribution in [0.15, 0.2) is 48.5 Å². The number of benzene rings is 2. The Morgan fingerprint density at radius 1 is 1.03 bits per heavy atom. The van der Waals surface area contributed by atoms with E-state index in [0.717, 1.165) is 35.6 Å². The molecule has 0 aliphatic heterocycles. The maximum atomic E-state index is 12.4. The van der Waals surface area contributed by atoms with Crippen molar-refractivity contribution < 1.29 is 14.4 Å². The molecule has 3 N–H and O–H groups in total. The van der Waals surface area contributed by atoms with Crippen LogP contribution in [0.3, 0.4) is 0 Å². The summed E-state index contributed by atoms with van der Waals surface area (Å²) >= 11 is 1.47. The lowest BCUT2D eigenvalue weighted by Gasteiger charge is -2.15. The van der Waals surface area contributed by atoms with Crippen LogP contribution in [0.5, 0.6) is 0 Å². The van der Waals surface area contributed by atoms with Gasteiger partial charge in [-0.15, -0.1) is 11.3 Å². The van der Waals surface area contributed by atoms with E-state index in [1.807, 2.05) is 48.5 Å². The van der Waals surface area contributed by atoms with Crippen LogP contribution in [-0.2, 0) is 28.9 Å². The van der Waals surface area contributed by atoms with E-state index in [4.69, 9.17) is 0 Å². The fraction of sp³-hybridized carbons (Fsp3) is 0.261. The van der Waals surface area contributed by atoms with Gasteiger partial charge in [-0.05, 0) is 54.2 Å². The highest BCUT2D eigenvalue weighted by molar-refractivity contribution is 7.14. The predicted molar refractivity (Wildman–Crippen MR) is 117 cm³/mol. The van der Waals surface area contributed by atoms with Crippen molar-refractivity contribution in [2.24, 2.45) is 0 Å². The number of aryl methyl sites for hydroxylation is 2. The molecule has 3 aromatic rings. The second-order valence-electron chi connectivity index (χ2n) is 7.46. The smallest absolute Gasteiger partial charge is 0.279 e. The van der Waals surface area contributed by atoms with Crippen molar-refractivity contribution in [3.63, 3.8) is 0 Å². The summed E-state index contributed by atoms with van der Waals surface area (Å²) in [6.45, 7) is 1.59. The molecule has 154 valence electrons. The van der Waals surface area contributed by atoms with E-state index in [-0.39, 0.29) is 18.2 Å². The lowest BCUT2D eigenvalue weighted by Crippen LogP contribution is -2.51. The largest absolute Gasteiger partial charge is 0.344 e. The van der Waals surface area contributed by atoms with Gasteiger partial charge in [-0.25, -0.2) is 0 Å². The molecule has 6 nitrogen and oxygen atoms in total. The average Bonchev–Trinajstić information content (AvgIpc) is 3.34. The summed E-state index contributed by atoms with van der Waals surface area (Å²) in [5.74, 6) is -1.06. The molecule has 1 aromatic heterocycles. The minimum absolute atomic E-state index is 0.173. The molecule has 30 heavy (non-hydrogen) atoms. The molecular weight excluding hydrogens is 398 g/mol. The van der Waals surface area contributed by atoms with E-state index >= 15 is 0 Å². The molecule has 7 heteroatoms. The van der Waals surface area contributed by atoms with E-state index in [2.05, 4.69) is 16.2 Å². The molecule has 0 unspecified atom stereocenters. The number of amides is 3. The Balaban J connectivity index is 1.29. The molecule has 1 atom stereocenters. The highest BCUT2D eigenvalue weighted by atomic mass is 32.1. The van der Waals surface area contributed by atoms with Gasteiger partial charge in [0.25, 0.3) is 11.8 Å². The Kier molecular flexibility index (Phi) is 5.81. The molecule has 0 radical (unpaired) electrons. The topological polar surface area (TPSA) is 87.3 Å². The van der Waals surface area contributed by atoms with E-state index in [9.17, 15) is 14.4 Å². The van der Waals surface area contributed by atoms with Gasteiger partial charge >= 0.3 is 0 Å². The van der Waals surface area contributed by atoms with Gasteiger partial charge in [-0.2, -0.15) is 0 Å². The third kappa shape index (κ3) is 4.36.